The zero-order valence-corrected chi connectivity index (χ0v) is 15.5. The van der Waals surface area contributed by atoms with Crippen molar-refractivity contribution in [2.24, 2.45) is 0 Å². The normalized spacial score (nSPS) is 11.8. The van der Waals surface area contributed by atoms with Crippen molar-refractivity contribution in [2.75, 3.05) is 17.1 Å². The van der Waals surface area contributed by atoms with E-state index in [1.807, 2.05) is 0 Å². The van der Waals surface area contributed by atoms with Crippen LogP contribution in [-0.4, -0.2) is 21.4 Å². The molecule has 0 aromatic heterocycles. The molecule has 0 aliphatic carbocycles. The van der Waals surface area contributed by atoms with Crippen molar-refractivity contribution in [3.8, 4) is 5.75 Å². The summed E-state index contributed by atoms with van der Waals surface area (Å²) in [5.74, 6) is -0.273. The molecular weight excluding hydrogens is 385 g/mol. The zero-order valence-electron chi connectivity index (χ0n) is 14.6. The molecule has 0 spiro atoms. The molecule has 10 heteroatoms. The van der Waals surface area contributed by atoms with Gasteiger partial charge < -0.3 is 10.1 Å². The monoisotopic (exact) mass is 402 g/mol. The molecule has 146 valence electrons. The fourth-order valence-corrected chi connectivity index (χ4v) is 3.68. The minimum atomic E-state index is -4.60. The molecule has 6 nitrogen and oxygen atoms in total. The third kappa shape index (κ3) is 4.91. The number of hydrogen-bond donors (Lipinski definition) is 2. The van der Waals surface area contributed by atoms with E-state index in [1.165, 1.54) is 39.2 Å². The molecule has 0 saturated carbocycles. The van der Waals surface area contributed by atoms with Crippen molar-refractivity contribution in [1.29, 1.82) is 0 Å². The van der Waals surface area contributed by atoms with Crippen LogP contribution in [0.5, 0.6) is 5.75 Å². The SMILES string of the molecule is COc1cc(S(=O)(=O)Nc2cccc(C(F)(F)F)c2)c(C)cc1NC(C)=O. The quantitative estimate of drug-likeness (QED) is 0.797. The molecule has 2 aromatic rings. The van der Waals surface area contributed by atoms with Crippen LogP contribution in [0.2, 0.25) is 0 Å². The molecule has 0 radical (unpaired) electrons. The highest BCUT2D eigenvalue weighted by Crippen LogP contribution is 2.33. The Bertz CT molecular complexity index is 973. The van der Waals surface area contributed by atoms with Crippen molar-refractivity contribution in [3.05, 3.63) is 47.5 Å². The van der Waals surface area contributed by atoms with E-state index in [0.717, 1.165) is 12.1 Å². The lowest BCUT2D eigenvalue weighted by Gasteiger charge is -2.16. The number of nitrogens with one attached hydrogen (secondary N) is 2. The van der Waals surface area contributed by atoms with Crippen LogP contribution in [0.1, 0.15) is 18.1 Å². The molecule has 2 rings (SSSR count). The molecule has 0 bridgehead atoms. The predicted molar refractivity (Wildman–Crippen MR) is 94.3 cm³/mol. The van der Waals surface area contributed by atoms with Crippen LogP contribution in [-0.2, 0) is 21.0 Å². The van der Waals surface area contributed by atoms with Crippen molar-refractivity contribution in [1.82, 2.24) is 0 Å². The Morgan fingerprint density at radius 1 is 1.15 bits per heavy atom. The first-order chi connectivity index (χ1) is 12.4. The van der Waals surface area contributed by atoms with Crippen molar-refractivity contribution < 1.29 is 31.1 Å². The number of amides is 1. The fourth-order valence-electron chi connectivity index (χ4n) is 2.38. The summed E-state index contributed by atoms with van der Waals surface area (Å²) in [5, 5.41) is 2.51. The summed E-state index contributed by atoms with van der Waals surface area (Å²) in [7, 11) is -2.90. The molecule has 0 saturated heterocycles. The van der Waals surface area contributed by atoms with Crippen molar-refractivity contribution in [2.45, 2.75) is 24.9 Å². The maximum atomic E-state index is 12.8. The number of carbonyl (C=O) groups is 1. The van der Waals surface area contributed by atoms with E-state index >= 15 is 0 Å². The third-order valence-corrected chi connectivity index (χ3v) is 5.06. The largest absolute Gasteiger partial charge is 0.495 e. The van der Waals surface area contributed by atoms with Crippen molar-refractivity contribution >= 4 is 27.3 Å². The number of sulfonamides is 1. The van der Waals surface area contributed by atoms with Gasteiger partial charge in [-0.15, -0.1) is 0 Å². The smallest absolute Gasteiger partial charge is 0.416 e. The van der Waals surface area contributed by atoms with E-state index in [-0.39, 0.29) is 33.5 Å². The van der Waals surface area contributed by atoms with Crippen LogP contribution in [0.3, 0.4) is 0 Å². The van der Waals surface area contributed by atoms with Gasteiger partial charge in [0.15, 0.2) is 0 Å². The van der Waals surface area contributed by atoms with Gasteiger partial charge in [-0.3, -0.25) is 9.52 Å². The second-order valence-electron chi connectivity index (χ2n) is 5.68. The second-order valence-corrected chi connectivity index (χ2v) is 7.33. The standard InChI is InChI=1S/C17H17F3N2O4S/c1-10-7-14(21-11(2)23)15(26-3)9-16(10)27(24,25)22-13-6-4-5-12(8-13)17(18,19)20/h4-9,22H,1-3H3,(H,21,23). The minimum Gasteiger partial charge on any atom is -0.495 e. The number of hydrogen-bond acceptors (Lipinski definition) is 4. The van der Waals surface area contributed by atoms with Gasteiger partial charge in [-0.1, -0.05) is 6.07 Å². The van der Waals surface area contributed by atoms with Gasteiger partial charge in [-0.25, -0.2) is 8.42 Å². The molecule has 0 aliphatic rings. The van der Waals surface area contributed by atoms with E-state index < -0.39 is 21.8 Å². The summed E-state index contributed by atoms with van der Waals surface area (Å²) < 4.78 is 70.9. The van der Waals surface area contributed by atoms with Crippen LogP contribution < -0.4 is 14.8 Å². The Balaban J connectivity index is 2.44. The van der Waals surface area contributed by atoms with Gasteiger partial charge in [0.05, 0.1) is 23.3 Å². The van der Waals surface area contributed by atoms with Gasteiger partial charge in [0.1, 0.15) is 5.75 Å². The summed E-state index contributed by atoms with van der Waals surface area (Å²) in [4.78, 5) is 11.1. The fraction of sp³-hybridized carbons (Fsp3) is 0.235. The average Bonchev–Trinajstić information content (AvgIpc) is 2.53. The van der Waals surface area contributed by atoms with Crippen LogP contribution in [0.15, 0.2) is 41.3 Å². The zero-order chi connectivity index (χ0) is 20.4. The maximum absolute atomic E-state index is 12.8. The van der Waals surface area contributed by atoms with Crippen LogP contribution in [0.25, 0.3) is 0 Å². The number of aryl methyl sites for hydroxylation is 1. The summed E-state index contributed by atoms with van der Waals surface area (Å²) in [6.45, 7) is 2.78. The van der Waals surface area contributed by atoms with Crippen LogP contribution in [0, 0.1) is 6.92 Å². The number of ether oxygens (including phenoxy) is 1. The van der Waals surface area contributed by atoms with E-state index in [2.05, 4.69) is 10.0 Å². The Morgan fingerprint density at radius 3 is 2.37 bits per heavy atom. The maximum Gasteiger partial charge on any atom is 0.416 e. The first-order valence-corrected chi connectivity index (χ1v) is 9.08. The number of alkyl halides is 3. The molecule has 0 unspecified atom stereocenters. The second kappa shape index (κ2) is 7.47. The molecule has 0 aliphatic heterocycles. The molecule has 27 heavy (non-hydrogen) atoms. The number of methoxy groups -OCH3 is 1. The predicted octanol–water partition coefficient (Wildman–Crippen LogP) is 3.78. The van der Waals surface area contributed by atoms with E-state index in [1.54, 1.807) is 0 Å². The highest BCUT2D eigenvalue weighted by atomic mass is 32.2. The van der Waals surface area contributed by atoms with Gasteiger partial charge in [0, 0.05) is 18.7 Å². The Hall–Kier alpha value is -2.75. The third-order valence-electron chi connectivity index (χ3n) is 3.54. The van der Waals surface area contributed by atoms with Crippen molar-refractivity contribution in [3.63, 3.8) is 0 Å². The number of rotatable bonds is 5. The van der Waals surface area contributed by atoms with Crippen LogP contribution >= 0.6 is 0 Å². The summed E-state index contributed by atoms with van der Waals surface area (Å²) in [6, 6.07) is 6.46. The molecule has 0 heterocycles. The summed E-state index contributed by atoms with van der Waals surface area (Å²) >= 11 is 0. The lowest BCUT2D eigenvalue weighted by molar-refractivity contribution is -0.137. The van der Waals surface area contributed by atoms with Gasteiger partial charge in [0.2, 0.25) is 5.91 Å². The van der Waals surface area contributed by atoms with Crippen LogP contribution in [0.4, 0.5) is 24.5 Å². The number of benzene rings is 2. The number of halogens is 3. The highest BCUT2D eigenvalue weighted by Gasteiger charge is 2.31. The summed E-state index contributed by atoms with van der Waals surface area (Å²) in [5.41, 5.74) is -0.647. The van der Waals surface area contributed by atoms with Gasteiger partial charge in [-0.05, 0) is 36.8 Å². The lowest BCUT2D eigenvalue weighted by Crippen LogP contribution is -2.16. The molecule has 0 fully saturated rings. The Morgan fingerprint density at radius 2 is 1.81 bits per heavy atom. The number of anilines is 2. The van der Waals surface area contributed by atoms with Gasteiger partial charge in [-0.2, -0.15) is 13.2 Å². The van der Waals surface area contributed by atoms with Gasteiger partial charge >= 0.3 is 6.18 Å². The molecule has 2 aromatic carbocycles. The van der Waals surface area contributed by atoms with E-state index in [0.29, 0.717) is 6.07 Å². The molecule has 2 N–H and O–H groups in total. The first-order valence-electron chi connectivity index (χ1n) is 7.60. The van der Waals surface area contributed by atoms with E-state index in [4.69, 9.17) is 4.74 Å². The number of carbonyl (C=O) groups excluding carboxylic acids is 1. The van der Waals surface area contributed by atoms with Gasteiger partial charge in [0.25, 0.3) is 10.0 Å². The molecule has 1 amide bonds. The molecular formula is C17H17F3N2O4S. The Kier molecular flexibility index (Phi) is 5.69. The Labute approximate surface area is 154 Å². The topological polar surface area (TPSA) is 84.5 Å². The average molecular weight is 402 g/mol. The van der Waals surface area contributed by atoms with E-state index in [9.17, 15) is 26.4 Å². The highest BCUT2D eigenvalue weighted by molar-refractivity contribution is 7.92. The first kappa shape index (κ1) is 20.6. The summed E-state index contributed by atoms with van der Waals surface area (Å²) in [6.07, 6.45) is -4.60. The molecule has 0 atom stereocenters. The minimum absolute atomic E-state index is 0.0974. The lowest BCUT2D eigenvalue weighted by atomic mass is 10.2.